The first-order valence-electron chi connectivity index (χ1n) is 6.84. The van der Waals surface area contributed by atoms with Gasteiger partial charge in [-0.3, -0.25) is 14.5 Å². The largest absolute Gasteiger partial charge is 0.497 e. The summed E-state index contributed by atoms with van der Waals surface area (Å²) in [6.07, 6.45) is 1.11. The summed E-state index contributed by atoms with van der Waals surface area (Å²) >= 11 is 3.30. The van der Waals surface area contributed by atoms with Gasteiger partial charge in [0.2, 0.25) is 0 Å². The van der Waals surface area contributed by atoms with Crippen LogP contribution in [0.15, 0.2) is 28.4 Å². The third-order valence-electron chi connectivity index (χ3n) is 3.30. The minimum atomic E-state index is -0.637. The van der Waals surface area contributed by atoms with Crippen molar-refractivity contribution in [2.24, 2.45) is 0 Å². The first-order valence-corrected chi connectivity index (χ1v) is 7.63. The smallest absolute Gasteiger partial charge is 0.340 e. The minimum Gasteiger partial charge on any atom is -0.497 e. The fraction of sp³-hybridized carbons (Fsp3) is 0.267. The van der Waals surface area contributed by atoms with E-state index in [1.807, 2.05) is 0 Å². The highest BCUT2D eigenvalue weighted by atomic mass is 79.9. The Morgan fingerprint density at radius 3 is 2.62 bits per heavy atom. The van der Waals surface area contributed by atoms with Gasteiger partial charge in [-0.1, -0.05) is 0 Å². The zero-order valence-electron chi connectivity index (χ0n) is 13.0. The van der Waals surface area contributed by atoms with E-state index < -0.39 is 17.8 Å². The second-order valence-electron chi connectivity index (χ2n) is 4.73. The number of nitrogens with zero attached hydrogens (tertiary/aromatic N) is 1. The molecular weight excluding hydrogens is 384 g/mol. The first kappa shape index (κ1) is 18.0. The van der Waals surface area contributed by atoms with E-state index in [2.05, 4.69) is 21.2 Å². The fourth-order valence-electron chi connectivity index (χ4n) is 2.14. The number of hydrogen-bond acceptors (Lipinski definition) is 7. The highest BCUT2D eigenvalue weighted by Crippen LogP contribution is 2.34. The average Bonchev–Trinajstić information content (AvgIpc) is 2.83. The van der Waals surface area contributed by atoms with Crippen LogP contribution in [0.1, 0.15) is 10.4 Å². The Labute approximate surface area is 146 Å². The number of benzene rings is 1. The van der Waals surface area contributed by atoms with Gasteiger partial charge in [-0.25, -0.2) is 4.79 Å². The summed E-state index contributed by atoms with van der Waals surface area (Å²) in [5.74, 6) is -1.35. The van der Waals surface area contributed by atoms with E-state index in [4.69, 9.17) is 14.6 Å². The number of anilines is 1. The standard InChI is InChI=1S/C15H15BrN2O6/c1-23-8-5-9(15(22)24-2)13(10(16)6-8)17-11-7-12(20)18(3-4-19)14(11)21/h5-7,17,19H,3-4H2,1-2H3. The molecule has 0 radical (unpaired) electrons. The van der Waals surface area contributed by atoms with Crippen LogP contribution in [0.2, 0.25) is 0 Å². The second-order valence-corrected chi connectivity index (χ2v) is 5.58. The van der Waals surface area contributed by atoms with Crippen molar-refractivity contribution in [1.29, 1.82) is 0 Å². The number of nitrogens with one attached hydrogen (secondary N) is 1. The van der Waals surface area contributed by atoms with Gasteiger partial charge in [-0.05, 0) is 28.1 Å². The maximum Gasteiger partial charge on any atom is 0.340 e. The number of imide groups is 1. The third kappa shape index (κ3) is 3.41. The van der Waals surface area contributed by atoms with Gasteiger partial charge in [0.05, 0.1) is 38.6 Å². The van der Waals surface area contributed by atoms with E-state index in [0.29, 0.717) is 10.2 Å². The fourth-order valence-corrected chi connectivity index (χ4v) is 2.68. The van der Waals surface area contributed by atoms with Gasteiger partial charge >= 0.3 is 5.97 Å². The SMILES string of the molecule is COC(=O)c1cc(OC)cc(Br)c1NC1=CC(=O)N(CCO)C1=O. The maximum atomic E-state index is 12.2. The number of halogens is 1. The number of methoxy groups -OCH3 is 2. The van der Waals surface area contributed by atoms with Gasteiger partial charge in [0.25, 0.3) is 11.8 Å². The summed E-state index contributed by atoms with van der Waals surface area (Å²) in [7, 11) is 2.68. The van der Waals surface area contributed by atoms with Crippen molar-refractivity contribution in [3.05, 3.63) is 33.9 Å². The molecule has 0 atom stereocenters. The number of hydrogen-bond donors (Lipinski definition) is 2. The van der Waals surface area contributed by atoms with E-state index >= 15 is 0 Å². The molecule has 24 heavy (non-hydrogen) atoms. The van der Waals surface area contributed by atoms with Crippen LogP contribution < -0.4 is 10.1 Å². The second kappa shape index (κ2) is 7.45. The number of aliphatic hydroxyl groups is 1. The van der Waals surface area contributed by atoms with Crippen molar-refractivity contribution in [1.82, 2.24) is 4.90 Å². The molecule has 8 nitrogen and oxygen atoms in total. The van der Waals surface area contributed by atoms with E-state index in [1.165, 1.54) is 20.3 Å². The van der Waals surface area contributed by atoms with Crippen LogP contribution in [-0.2, 0) is 14.3 Å². The number of ether oxygens (including phenoxy) is 2. The lowest BCUT2D eigenvalue weighted by atomic mass is 10.1. The van der Waals surface area contributed by atoms with E-state index in [1.54, 1.807) is 6.07 Å². The summed E-state index contributed by atoms with van der Waals surface area (Å²) in [4.78, 5) is 36.9. The predicted octanol–water partition coefficient (Wildman–Crippen LogP) is 0.901. The monoisotopic (exact) mass is 398 g/mol. The molecule has 0 bridgehead atoms. The van der Waals surface area contributed by atoms with Gasteiger partial charge in [0, 0.05) is 10.5 Å². The zero-order chi connectivity index (χ0) is 17.9. The molecule has 1 aromatic rings. The molecule has 0 unspecified atom stereocenters. The summed E-state index contributed by atoms with van der Waals surface area (Å²) in [6, 6.07) is 3.05. The summed E-state index contributed by atoms with van der Waals surface area (Å²) < 4.78 is 10.3. The number of amides is 2. The van der Waals surface area contributed by atoms with Gasteiger partial charge < -0.3 is 19.9 Å². The Morgan fingerprint density at radius 1 is 1.33 bits per heavy atom. The molecule has 2 N–H and O–H groups in total. The highest BCUT2D eigenvalue weighted by Gasteiger charge is 2.32. The van der Waals surface area contributed by atoms with E-state index in [9.17, 15) is 14.4 Å². The molecule has 0 aliphatic carbocycles. The lowest BCUT2D eigenvalue weighted by Gasteiger charge is -2.16. The Morgan fingerprint density at radius 2 is 2.04 bits per heavy atom. The molecule has 1 aliphatic rings. The molecule has 2 amide bonds. The van der Waals surface area contributed by atoms with Crippen LogP contribution in [0, 0.1) is 0 Å². The van der Waals surface area contributed by atoms with Crippen LogP contribution in [0.3, 0.4) is 0 Å². The normalized spacial score (nSPS) is 13.8. The highest BCUT2D eigenvalue weighted by molar-refractivity contribution is 9.10. The molecule has 9 heteroatoms. The molecule has 2 rings (SSSR count). The Kier molecular flexibility index (Phi) is 5.58. The summed E-state index contributed by atoms with van der Waals surface area (Å²) in [5.41, 5.74) is 0.385. The van der Waals surface area contributed by atoms with Crippen molar-refractivity contribution in [3.63, 3.8) is 0 Å². The van der Waals surface area contributed by atoms with Gasteiger partial charge in [-0.2, -0.15) is 0 Å². The molecule has 0 saturated heterocycles. The number of carbonyl (C=O) groups is 3. The van der Waals surface area contributed by atoms with Crippen LogP contribution in [0.4, 0.5) is 5.69 Å². The minimum absolute atomic E-state index is 0.00975. The number of β-amino-alcohol motifs (C(OH)–C–C–N with tert-alkyl or cyclic N) is 1. The van der Waals surface area contributed by atoms with Crippen LogP contribution in [-0.4, -0.2) is 55.2 Å². The van der Waals surface area contributed by atoms with Gasteiger partial charge in [0.15, 0.2) is 0 Å². The predicted molar refractivity (Wildman–Crippen MR) is 87.5 cm³/mol. The number of carbonyl (C=O) groups excluding carboxylic acids is 3. The van der Waals surface area contributed by atoms with E-state index in [0.717, 1.165) is 11.0 Å². The Balaban J connectivity index is 2.40. The van der Waals surface area contributed by atoms with Crippen molar-refractivity contribution >= 4 is 39.4 Å². The van der Waals surface area contributed by atoms with E-state index in [-0.39, 0.29) is 30.1 Å². The van der Waals surface area contributed by atoms with Crippen LogP contribution >= 0.6 is 15.9 Å². The van der Waals surface area contributed by atoms with Gasteiger partial charge in [0.1, 0.15) is 11.4 Å². The van der Waals surface area contributed by atoms with Gasteiger partial charge in [-0.15, -0.1) is 0 Å². The lowest BCUT2D eigenvalue weighted by molar-refractivity contribution is -0.137. The molecule has 128 valence electrons. The topological polar surface area (TPSA) is 105 Å². The quantitative estimate of drug-likeness (QED) is 0.541. The van der Waals surface area contributed by atoms with Crippen molar-refractivity contribution in [3.8, 4) is 5.75 Å². The number of aliphatic hydroxyl groups excluding tert-OH is 1. The number of esters is 1. The molecule has 1 heterocycles. The first-order chi connectivity index (χ1) is 11.4. The molecule has 1 aliphatic heterocycles. The summed E-state index contributed by atoms with van der Waals surface area (Å²) in [6.45, 7) is -0.439. The maximum absolute atomic E-state index is 12.2. The molecule has 0 spiro atoms. The molecule has 0 fully saturated rings. The Hall–Kier alpha value is -2.39. The van der Waals surface area contributed by atoms with Crippen LogP contribution in [0.5, 0.6) is 5.75 Å². The average molecular weight is 399 g/mol. The Bertz CT molecular complexity index is 731. The molecule has 1 aromatic carbocycles. The molecule has 0 aromatic heterocycles. The molecule has 0 saturated carbocycles. The third-order valence-corrected chi connectivity index (χ3v) is 3.92. The number of rotatable bonds is 6. The van der Waals surface area contributed by atoms with Crippen molar-refractivity contribution in [2.75, 3.05) is 32.7 Å². The van der Waals surface area contributed by atoms with Crippen molar-refractivity contribution < 1.29 is 29.0 Å². The molecular formula is C15H15BrN2O6. The summed E-state index contributed by atoms with van der Waals surface area (Å²) in [5, 5.41) is 11.7. The van der Waals surface area contributed by atoms with Crippen molar-refractivity contribution in [2.45, 2.75) is 0 Å². The lowest BCUT2D eigenvalue weighted by Crippen LogP contribution is -2.34. The zero-order valence-corrected chi connectivity index (χ0v) is 14.5. The van der Waals surface area contributed by atoms with Crippen LogP contribution in [0.25, 0.3) is 0 Å².